The maximum absolute atomic E-state index is 12.4. The molecule has 1 saturated heterocycles. The molecule has 1 aromatic rings. The summed E-state index contributed by atoms with van der Waals surface area (Å²) in [5.41, 5.74) is -0.117. The average Bonchev–Trinajstić information content (AvgIpc) is 2.41. The van der Waals surface area contributed by atoms with E-state index in [1.165, 1.54) is 12.1 Å². The van der Waals surface area contributed by atoms with Gasteiger partial charge in [0.25, 0.3) is 0 Å². The molecule has 0 spiro atoms. The second-order valence-electron chi connectivity index (χ2n) is 5.43. The lowest BCUT2D eigenvalue weighted by molar-refractivity contribution is -0.137. The Morgan fingerprint density at radius 2 is 1.95 bits per heavy atom. The largest absolute Gasteiger partial charge is 0.416 e. The van der Waals surface area contributed by atoms with Crippen molar-refractivity contribution < 1.29 is 18.0 Å². The molecule has 0 aliphatic carbocycles. The molecule has 1 heterocycles. The van der Waals surface area contributed by atoms with Gasteiger partial charge in [0.2, 0.25) is 5.91 Å². The maximum Gasteiger partial charge on any atom is 0.416 e. The number of hydrogen-bond acceptors (Lipinski definition) is 2. The van der Waals surface area contributed by atoms with E-state index in [9.17, 15) is 18.0 Å². The molecule has 124 valence electrons. The van der Waals surface area contributed by atoms with Gasteiger partial charge < -0.3 is 10.6 Å². The smallest absolute Gasteiger partial charge is 0.352 e. The van der Waals surface area contributed by atoms with E-state index < -0.39 is 11.7 Å². The van der Waals surface area contributed by atoms with Crippen molar-refractivity contribution in [2.75, 3.05) is 6.54 Å². The normalized spacial score (nSPS) is 21.8. The van der Waals surface area contributed by atoms with Crippen LogP contribution in [0.3, 0.4) is 0 Å². The highest BCUT2D eigenvalue weighted by Gasteiger charge is 2.30. The van der Waals surface area contributed by atoms with Crippen molar-refractivity contribution in [1.82, 2.24) is 10.6 Å². The molecule has 1 amide bonds. The number of benzene rings is 1. The lowest BCUT2D eigenvalue weighted by Gasteiger charge is -2.30. The van der Waals surface area contributed by atoms with Gasteiger partial charge in [-0.25, -0.2) is 0 Å². The van der Waals surface area contributed by atoms with Crippen molar-refractivity contribution in [2.45, 2.75) is 44.4 Å². The molecule has 0 aromatic heterocycles. The summed E-state index contributed by atoms with van der Waals surface area (Å²) in [6, 6.07) is 5.02. The molecule has 7 heteroatoms. The van der Waals surface area contributed by atoms with E-state index in [0.717, 1.165) is 31.5 Å². The third-order valence-corrected chi connectivity index (χ3v) is 3.75. The molecule has 0 bridgehead atoms. The highest BCUT2D eigenvalue weighted by molar-refractivity contribution is 5.85. The van der Waals surface area contributed by atoms with E-state index in [1.807, 2.05) is 6.92 Å². The molecule has 2 unspecified atom stereocenters. The Morgan fingerprint density at radius 3 is 2.50 bits per heavy atom. The summed E-state index contributed by atoms with van der Waals surface area (Å²) < 4.78 is 37.3. The highest BCUT2D eigenvalue weighted by atomic mass is 35.5. The first-order chi connectivity index (χ1) is 9.86. The van der Waals surface area contributed by atoms with Gasteiger partial charge >= 0.3 is 6.18 Å². The number of halogens is 4. The van der Waals surface area contributed by atoms with Crippen LogP contribution >= 0.6 is 12.4 Å². The summed E-state index contributed by atoms with van der Waals surface area (Å²) in [4.78, 5) is 11.9. The molecular weight excluding hydrogens is 317 g/mol. The molecule has 1 aromatic carbocycles. The molecular formula is C15H20ClF3N2O. The Balaban J connectivity index is 0.00000242. The quantitative estimate of drug-likeness (QED) is 0.891. The second kappa shape index (κ2) is 7.83. The molecule has 22 heavy (non-hydrogen) atoms. The molecule has 3 nitrogen and oxygen atoms in total. The van der Waals surface area contributed by atoms with Gasteiger partial charge in [-0.1, -0.05) is 12.1 Å². The van der Waals surface area contributed by atoms with Crippen LogP contribution in [0.25, 0.3) is 0 Å². The number of hydrogen-bond donors (Lipinski definition) is 2. The van der Waals surface area contributed by atoms with Gasteiger partial charge in [-0.05, 0) is 44.0 Å². The van der Waals surface area contributed by atoms with Gasteiger partial charge in [0.15, 0.2) is 0 Å². The number of piperidine rings is 1. The van der Waals surface area contributed by atoms with Crippen LogP contribution in [0.4, 0.5) is 13.2 Å². The first-order valence-corrected chi connectivity index (χ1v) is 7.05. The topological polar surface area (TPSA) is 41.1 Å². The number of alkyl halides is 3. The monoisotopic (exact) mass is 336 g/mol. The zero-order valence-corrected chi connectivity index (χ0v) is 13.1. The number of amides is 1. The SMILES string of the molecule is CC1NCCCC1NC(=O)Cc1ccc(C(F)(F)F)cc1.Cl. The predicted octanol–water partition coefficient (Wildman–Crippen LogP) is 2.93. The minimum absolute atomic E-state index is 0. The fourth-order valence-electron chi connectivity index (χ4n) is 2.50. The van der Waals surface area contributed by atoms with Crippen molar-refractivity contribution >= 4 is 18.3 Å². The van der Waals surface area contributed by atoms with Crippen LogP contribution < -0.4 is 10.6 Å². The van der Waals surface area contributed by atoms with Gasteiger partial charge in [0.05, 0.1) is 12.0 Å². The summed E-state index contributed by atoms with van der Waals surface area (Å²) >= 11 is 0. The van der Waals surface area contributed by atoms with Gasteiger partial charge in [-0.15, -0.1) is 12.4 Å². The maximum atomic E-state index is 12.4. The fourth-order valence-corrected chi connectivity index (χ4v) is 2.50. The van der Waals surface area contributed by atoms with Gasteiger partial charge in [0.1, 0.15) is 0 Å². The van der Waals surface area contributed by atoms with E-state index in [1.54, 1.807) is 0 Å². The van der Waals surface area contributed by atoms with E-state index in [-0.39, 0.29) is 36.8 Å². The number of rotatable bonds is 3. The minimum atomic E-state index is -4.34. The van der Waals surface area contributed by atoms with Gasteiger partial charge in [-0.2, -0.15) is 13.2 Å². The van der Waals surface area contributed by atoms with Crippen LogP contribution in [0.15, 0.2) is 24.3 Å². The summed E-state index contributed by atoms with van der Waals surface area (Å²) in [5.74, 6) is -0.157. The van der Waals surface area contributed by atoms with Crippen molar-refractivity contribution in [3.63, 3.8) is 0 Å². The predicted molar refractivity (Wildman–Crippen MR) is 81.0 cm³/mol. The van der Waals surface area contributed by atoms with Crippen LogP contribution in [-0.4, -0.2) is 24.5 Å². The van der Waals surface area contributed by atoms with Gasteiger partial charge in [-0.3, -0.25) is 4.79 Å². The van der Waals surface area contributed by atoms with Crippen LogP contribution in [0, 0.1) is 0 Å². The summed E-state index contributed by atoms with van der Waals surface area (Å²) in [5, 5.41) is 6.22. The van der Waals surface area contributed by atoms with Crippen molar-refractivity contribution in [3.8, 4) is 0 Å². The second-order valence-corrected chi connectivity index (χ2v) is 5.43. The van der Waals surface area contributed by atoms with Crippen LogP contribution in [0.1, 0.15) is 30.9 Å². The van der Waals surface area contributed by atoms with Crippen LogP contribution in [-0.2, 0) is 17.4 Å². The molecule has 0 radical (unpaired) electrons. The third-order valence-electron chi connectivity index (χ3n) is 3.75. The molecule has 1 aliphatic heterocycles. The minimum Gasteiger partial charge on any atom is -0.352 e. The van der Waals surface area contributed by atoms with Crippen LogP contribution in [0.2, 0.25) is 0 Å². The highest BCUT2D eigenvalue weighted by Crippen LogP contribution is 2.29. The lowest BCUT2D eigenvalue weighted by Crippen LogP contribution is -2.52. The van der Waals surface area contributed by atoms with Crippen molar-refractivity contribution in [1.29, 1.82) is 0 Å². The number of nitrogens with one attached hydrogen (secondary N) is 2. The van der Waals surface area contributed by atoms with Gasteiger partial charge in [0, 0.05) is 12.1 Å². The molecule has 1 fully saturated rings. The average molecular weight is 337 g/mol. The summed E-state index contributed by atoms with van der Waals surface area (Å²) in [6.45, 7) is 2.97. The molecule has 0 saturated carbocycles. The Bertz CT molecular complexity index is 491. The molecule has 2 rings (SSSR count). The number of carbonyl (C=O) groups is 1. The van der Waals surface area contributed by atoms with E-state index in [2.05, 4.69) is 10.6 Å². The number of carbonyl (C=O) groups excluding carboxylic acids is 1. The standard InChI is InChI=1S/C15H19F3N2O.ClH/c1-10-13(3-2-8-19-10)20-14(21)9-11-4-6-12(7-5-11)15(16,17)18;/h4-7,10,13,19H,2-3,8-9H2,1H3,(H,20,21);1H. The van der Waals surface area contributed by atoms with E-state index in [0.29, 0.717) is 5.56 Å². The van der Waals surface area contributed by atoms with Crippen molar-refractivity contribution in [2.24, 2.45) is 0 Å². The fraction of sp³-hybridized carbons (Fsp3) is 0.533. The first kappa shape index (κ1) is 18.8. The molecule has 2 atom stereocenters. The summed E-state index contributed by atoms with van der Waals surface area (Å²) in [7, 11) is 0. The molecule has 1 aliphatic rings. The van der Waals surface area contributed by atoms with E-state index in [4.69, 9.17) is 0 Å². The Kier molecular flexibility index (Phi) is 6.68. The zero-order chi connectivity index (χ0) is 15.5. The Morgan fingerprint density at radius 1 is 1.32 bits per heavy atom. The lowest BCUT2D eigenvalue weighted by atomic mass is 9.99. The third kappa shape index (κ3) is 5.18. The Labute approximate surface area is 134 Å². The Hall–Kier alpha value is -1.27. The van der Waals surface area contributed by atoms with Crippen LogP contribution in [0.5, 0.6) is 0 Å². The van der Waals surface area contributed by atoms with E-state index >= 15 is 0 Å². The summed E-state index contributed by atoms with van der Waals surface area (Å²) in [6.07, 6.45) is -2.31. The molecule has 2 N–H and O–H groups in total. The first-order valence-electron chi connectivity index (χ1n) is 7.05. The zero-order valence-electron chi connectivity index (χ0n) is 12.2. The van der Waals surface area contributed by atoms with Crippen molar-refractivity contribution in [3.05, 3.63) is 35.4 Å².